The first-order valence-corrected chi connectivity index (χ1v) is 5.29. The lowest BCUT2D eigenvalue weighted by molar-refractivity contribution is -0.155. The van der Waals surface area contributed by atoms with Crippen LogP contribution in [0.2, 0.25) is 0 Å². The van der Waals surface area contributed by atoms with Crippen LogP contribution in [0.5, 0.6) is 0 Å². The largest absolute Gasteiger partial charge is 0.459 e. The van der Waals surface area contributed by atoms with Gasteiger partial charge >= 0.3 is 5.97 Å². The van der Waals surface area contributed by atoms with Crippen molar-refractivity contribution in [3.05, 3.63) is 35.9 Å². The van der Waals surface area contributed by atoms with E-state index in [2.05, 4.69) is 0 Å². The molecule has 1 aromatic carbocycles. The van der Waals surface area contributed by atoms with E-state index >= 15 is 0 Å². The lowest BCUT2D eigenvalue weighted by Gasteiger charge is -2.23. The van der Waals surface area contributed by atoms with Crippen LogP contribution in [0, 0.1) is 0 Å². The van der Waals surface area contributed by atoms with Gasteiger partial charge in [0, 0.05) is 0 Å². The van der Waals surface area contributed by atoms with E-state index in [-0.39, 0.29) is 11.6 Å². The van der Waals surface area contributed by atoms with E-state index in [9.17, 15) is 4.79 Å². The molecule has 0 aliphatic heterocycles. The molecule has 0 aliphatic rings. The molecule has 2 nitrogen and oxygen atoms in total. The van der Waals surface area contributed by atoms with Gasteiger partial charge in [-0.05, 0) is 25.8 Å². The van der Waals surface area contributed by atoms with Gasteiger partial charge in [0.05, 0.1) is 6.42 Å². The quantitative estimate of drug-likeness (QED) is 0.708. The molecule has 0 fully saturated rings. The molecule has 0 saturated carbocycles. The SMILES string of the molecule is CCC(C)(C)OC(=O)Cc1ccccc1. The molecule has 1 aromatic rings. The van der Waals surface area contributed by atoms with Crippen LogP contribution in [0.4, 0.5) is 0 Å². The Bertz CT molecular complexity index is 315. The maximum atomic E-state index is 11.6. The van der Waals surface area contributed by atoms with Gasteiger partial charge < -0.3 is 4.74 Å². The maximum absolute atomic E-state index is 11.6. The van der Waals surface area contributed by atoms with E-state index in [1.54, 1.807) is 0 Å². The van der Waals surface area contributed by atoms with Gasteiger partial charge in [0.25, 0.3) is 0 Å². The molecule has 0 radical (unpaired) electrons. The Labute approximate surface area is 91.3 Å². The molecule has 0 saturated heterocycles. The molecule has 0 amide bonds. The summed E-state index contributed by atoms with van der Waals surface area (Å²) in [5, 5.41) is 0. The maximum Gasteiger partial charge on any atom is 0.310 e. The van der Waals surface area contributed by atoms with E-state index in [1.807, 2.05) is 51.1 Å². The number of rotatable bonds is 4. The van der Waals surface area contributed by atoms with Crippen molar-refractivity contribution in [2.24, 2.45) is 0 Å². The first-order chi connectivity index (χ1) is 7.03. The fourth-order valence-corrected chi connectivity index (χ4v) is 1.18. The highest BCUT2D eigenvalue weighted by Gasteiger charge is 2.20. The fourth-order valence-electron chi connectivity index (χ4n) is 1.18. The van der Waals surface area contributed by atoms with Gasteiger partial charge in [-0.2, -0.15) is 0 Å². The molecule has 0 N–H and O–H groups in total. The molecule has 82 valence electrons. The highest BCUT2D eigenvalue weighted by Crippen LogP contribution is 2.14. The number of hydrogen-bond donors (Lipinski definition) is 0. The minimum absolute atomic E-state index is 0.159. The van der Waals surface area contributed by atoms with Crippen LogP contribution in [0.3, 0.4) is 0 Å². The summed E-state index contributed by atoms with van der Waals surface area (Å²) in [6, 6.07) is 9.65. The molecule has 0 atom stereocenters. The number of carbonyl (C=O) groups excluding carboxylic acids is 1. The summed E-state index contributed by atoms with van der Waals surface area (Å²) in [4.78, 5) is 11.6. The summed E-state index contributed by atoms with van der Waals surface area (Å²) in [7, 11) is 0. The third-order valence-electron chi connectivity index (χ3n) is 2.43. The Balaban J connectivity index is 2.51. The molecule has 0 aromatic heterocycles. The zero-order valence-corrected chi connectivity index (χ0v) is 9.62. The normalized spacial score (nSPS) is 11.1. The van der Waals surface area contributed by atoms with Crippen molar-refractivity contribution in [3.63, 3.8) is 0 Å². The molecule has 0 unspecified atom stereocenters. The number of carbonyl (C=O) groups is 1. The van der Waals surface area contributed by atoms with Gasteiger partial charge in [0.1, 0.15) is 5.60 Å². The van der Waals surface area contributed by atoms with Crippen LogP contribution >= 0.6 is 0 Å². The number of ether oxygens (including phenoxy) is 1. The predicted octanol–water partition coefficient (Wildman–Crippen LogP) is 2.96. The standard InChI is InChI=1S/C13H18O2/c1-4-13(2,3)15-12(14)10-11-8-6-5-7-9-11/h5-9H,4,10H2,1-3H3. The average molecular weight is 206 g/mol. The third kappa shape index (κ3) is 4.15. The molecular formula is C13H18O2. The summed E-state index contributed by atoms with van der Waals surface area (Å²) in [6.07, 6.45) is 1.18. The molecular weight excluding hydrogens is 188 g/mol. The second-order valence-electron chi connectivity index (χ2n) is 4.25. The van der Waals surface area contributed by atoms with E-state index in [0.717, 1.165) is 12.0 Å². The fraction of sp³-hybridized carbons (Fsp3) is 0.462. The monoisotopic (exact) mass is 206 g/mol. The molecule has 0 heterocycles. The van der Waals surface area contributed by atoms with E-state index in [1.165, 1.54) is 0 Å². The summed E-state index contributed by atoms with van der Waals surface area (Å²) >= 11 is 0. The molecule has 0 spiro atoms. The first-order valence-electron chi connectivity index (χ1n) is 5.29. The van der Waals surface area contributed by atoms with E-state index < -0.39 is 0 Å². The van der Waals surface area contributed by atoms with Crippen LogP contribution in [-0.2, 0) is 16.0 Å². The molecule has 0 aliphatic carbocycles. The lowest BCUT2D eigenvalue weighted by atomic mass is 10.1. The highest BCUT2D eigenvalue weighted by atomic mass is 16.6. The Morgan fingerprint density at radius 3 is 2.40 bits per heavy atom. The van der Waals surface area contributed by atoms with Crippen molar-refractivity contribution in [1.82, 2.24) is 0 Å². The highest BCUT2D eigenvalue weighted by molar-refractivity contribution is 5.72. The topological polar surface area (TPSA) is 26.3 Å². The molecule has 15 heavy (non-hydrogen) atoms. The Hall–Kier alpha value is -1.31. The summed E-state index contributed by atoms with van der Waals surface area (Å²) in [5.41, 5.74) is 0.640. The summed E-state index contributed by atoms with van der Waals surface area (Å²) in [6.45, 7) is 5.86. The summed E-state index contributed by atoms with van der Waals surface area (Å²) in [5.74, 6) is -0.159. The average Bonchev–Trinajstić information content (AvgIpc) is 2.18. The van der Waals surface area contributed by atoms with Gasteiger partial charge in [-0.15, -0.1) is 0 Å². The predicted molar refractivity (Wildman–Crippen MR) is 60.6 cm³/mol. The van der Waals surface area contributed by atoms with Crippen molar-refractivity contribution in [3.8, 4) is 0 Å². The van der Waals surface area contributed by atoms with Gasteiger partial charge in [0.2, 0.25) is 0 Å². The minimum atomic E-state index is -0.355. The Morgan fingerprint density at radius 2 is 1.87 bits per heavy atom. The first kappa shape index (κ1) is 11.8. The second-order valence-corrected chi connectivity index (χ2v) is 4.25. The van der Waals surface area contributed by atoms with Crippen molar-refractivity contribution in [2.75, 3.05) is 0 Å². The van der Waals surface area contributed by atoms with Crippen LogP contribution < -0.4 is 0 Å². The van der Waals surface area contributed by atoms with Crippen LogP contribution in [0.15, 0.2) is 30.3 Å². The third-order valence-corrected chi connectivity index (χ3v) is 2.43. The smallest absolute Gasteiger partial charge is 0.310 e. The lowest BCUT2D eigenvalue weighted by Crippen LogP contribution is -2.27. The zero-order valence-electron chi connectivity index (χ0n) is 9.62. The second kappa shape index (κ2) is 4.96. The molecule has 2 heteroatoms. The minimum Gasteiger partial charge on any atom is -0.459 e. The van der Waals surface area contributed by atoms with Gasteiger partial charge in [0.15, 0.2) is 0 Å². The van der Waals surface area contributed by atoms with Crippen molar-refractivity contribution >= 4 is 5.97 Å². The van der Waals surface area contributed by atoms with Crippen LogP contribution in [0.1, 0.15) is 32.8 Å². The van der Waals surface area contributed by atoms with Crippen molar-refractivity contribution in [1.29, 1.82) is 0 Å². The van der Waals surface area contributed by atoms with Crippen LogP contribution in [-0.4, -0.2) is 11.6 Å². The van der Waals surface area contributed by atoms with Crippen molar-refractivity contribution < 1.29 is 9.53 Å². The summed E-state index contributed by atoms with van der Waals surface area (Å²) < 4.78 is 5.35. The number of benzene rings is 1. The van der Waals surface area contributed by atoms with E-state index in [0.29, 0.717) is 6.42 Å². The van der Waals surface area contributed by atoms with Crippen molar-refractivity contribution in [2.45, 2.75) is 39.2 Å². The van der Waals surface area contributed by atoms with Gasteiger partial charge in [-0.25, -0.2) is 0 Å². The van der Waals surface area contributed by atoms with Gasteiger partial charge in [-0.1, -0.05) is 37.3 Å². The van der Waals surface area contributed by atoms with Crippen LogP contribution in [0.25, 0.3) is 0 Å². The Kier molecular flexibility index (Phi) is 3.89. The number of hydrogen-bond acceptors (Lipinski definition) is 2. The van der Waals surface area contributed by atoms with Gasteiger partial charge in [-0.3, -0.25) is 4.79 Å². The van der Waals surface area contributed by atoms with E-state index in [4.69, 9.17) is 4.74 Å². The number of esters is 1. The Morgan fingerprint density at radius 1 is 1.27 bits per heavy atom. The molecule has 0 bridgehead atoms. The zero-order chi connectivity index (χ0) is 11.3. The molecule has 1 rings (SSSR count).